The van der Waals surface area contributed by atoms with Gasteiger partial charge < -0.3 is 4.90 Å². The minimum atomic E-state index is -0.917. The maximum absolute atomic E-state index is 14.3. The van der Waals surface area contributed by atoms with Crippen LogP contribution < -0.4 is 4.90 Å². The molecule has 1 amide bonds. The average Bonchev–Trinajstić information content (AvgIpc) is 2.62. The molecule has 0 N–H and O–H groups in total. The topological polar surface area (TPSA) is 20.3 Å². The first-order chi connectivity index (χ1) is 12.4. The summed E-state index contributed by atoms with van der Waals surface area (Å²) in [5.74, 6) is -2.15. The number of carbonyl (C=O) groups excluding carboxylic acids is 1. The molecule has 6 heteroatoms. The summed E-state index contributed by atoms with van der Waals surface area (Å²) in [4.78, 5) is 14.2. The van der Waals surface area contributed by atoms with Crippen LogP contribution in [-0.2, 0) is 28.3 Å². The van der Waals surface area contributed by atoms with Crippen molar-refractivity contribution >= 4 is 23.2 Å². The van der Waals surface area contributed by atoms with E-state index in [2.05, 4.69) is 0 Å². The van der Waals surface area contributed by atoms with Gasteiger partial charge in [0.1, 0.15) is 5.82 Å². The molecule has 135 valence electrons. The Kier molecular flexibility index (Phi) is 7.31. The van der Waals surface area contributed by atoms with E-state index in [0.717, 1.165) is 17.2 Å². The normalized spacial score (nSPS) is 10.2. The van der Waals surface area contributed by atoms with Crippen LogP contribution in [0.3, 0.4) is 0 Å². The summed E-state index contributed by atoms with van der Waals surface area (Å²) >= 11 is 5.87. The van der Waals surface area contributed by atoms with Crippen molar-refractivity contribution in [3.8, 4) is 0 Å². The van der Waals surface area contributed by atoms with E-state index in [1.54, 1.807) is 24.3 Å². The van der Waals surface area contributed by atoms with Crippen molar-refractivity contribution in [2.24, 2.45) is 0 Å². The fraction of sp³-hybridized carbons (Fsp3) is 0.0952. The van der Waals surface area contributed by atoms with E-state index in [4.69, 9.17) is 11.6 Å². The molecule has 0 aliphatic carbocycles. The van der Waals surface area contributed by atoms with E-state index in [1.807, 2.05) is 37.3 Å². The second-order valence-corrected chi connectivity index (χ2v) is 6.33. The van der Waals surface area contributed by atoms with Crippen molar-refractivity contribution in [1.29, 1.82) is 0 Å². The molecule has 3 aromatic rings. The molecular formula is C21H15ClF2NOTi. The molecule has 0 saturated carbocycles. The monoisotopic (exact) mass is 418 g/mol. The summed E-state index contributed by atoms with van der Waals surface area (Å²) in [6, 6.07) is 18.2. The first-order valence-corrected chi connectivity index (χ1v) is 8.32. The number of amides is 1. The predicted molar refractivity (Wildman–Crippen MR) is 98.3 cm³/mol. The zero-order valence-electron chi connectivity index (χ0n) is 14.5. The molecule has 0 aliphatic rings. The number of hydrogen-bond donors (Lipinski definition) is 0. The van der Waals surface area contributed by atoms with Gasteiger partial charge >= 0.3 is 0 Å². The Balaban J connectivity index is 0.00000261. The maximum atomic E-state index is 14.3. The Bertz CT molecular complexity index is 930. The van der Waals surface area contributed by atoms with Gasteiger partial charge in [0.15, 0.2) is 5.82 Å². The van der Waals surface area contributed by atoms with Gasteiger partial charge in [-0.05, 0) is 48.9 Å². The van der Waals surface area contributed by atoms with Crippen LogP contribution in [0.5, 0.6) is 0 Å². The van der Waals surface area contributed by atoms with Gasteiger partial charge in [-0.1, -0.05) is 41.4 Å². The zero-order valence-corrected chi connectivity index (χ0v) is 16.8. The van der Waals surface area contributed by atoms with Crippen LogP contribution in [0.4, 0.5) is 14.5 Å². The van der Waals surface area contributed by atoms with Gasteiger partial charge in [0.25, 0.3) is 5.91 Å². The maximum Gasteiger partial charge on any atom is 0.258 e. The molecule has 27 heavy (non-hydrogen) atoms. The summed E-state index contributed by atoms with van der Waals surface area (Å²) in [5.41, 5.74) is 2.21. The molecule has 3 aromatic carbocycles. The summed E-state index contributed by atoms with van der Waals surface area (Å²) < 4.78 is 27.5. The van der Waals surface area contributed by atoms with Crippen molar-refractivity contribution in [3.63, 3.8) is 0 Å². The third-order valence-electron chi connectivity index (χ3n) is 3.93. The van der Waals surface area contributed by atoms with Crippen LogP contribution >= 0.6 is 11.6 Å². The molecule has 0 bridgehead atoms. The number of nitrogens with zero attached hydrogens (tertiary/aromatic N) is 1. The summed E-state index contributed by atoms with van der Waals surface area (Å²) in [6.07, 6.45) is 0. The summed E-state index contributed by atoms with van der Waals surface area (Å²) in [7, 11) is 0. The molecule has 2 nitrogen and oxygen atoms in total. The molecule has 0 unspecified atom stereocenters. The molecule has 0 saturated heterocycles. The molecule has 0 aliphatic heterocycles. The number of rotatable bonds is 4. The third kappa shape index (κ3) is 5.26. The van der Waals surface area contributed by atoms with E-state index in [0.29, 0.717) is 10.6 Å². The molecular weight excluding hydrogens is 404 g/mol. The average molecular weight is 419 g/mol. The van der Waals surface area contributed by atoms with Gasteiger partial charge in [0, 0.05) is 32.3 Å². The number of hydrogen-bond acceptors (Lipinski definition) is 1. The summed E-state index contributed by atoms with van der Waals surface area (Å²) in [6.45, 7) is 2.09. The number of aryl methyl sites for hydroxylation is 1. The molecule has 3 rings (SSSR count). The molecule has 0 atom stereocenters. The molecule has 0 aromatic heterocycles. The van der Waals surface area contributed by atoms with Gasteiger partial charge in [0.2, 0.25) is 0 Å². The Hall–Kier alpha value is -2.01. The number of carbonyl (C=O) groups is 1. The zero-order chi connectivity index (χ0) is 18.7. The van der Waals surface area contributed by atoms with Gasteiger partial charge in [-0.3, -0.25) is 4.79 Å². The van der Waals surface area contributed by atoms with Crippen LogP contribution in [0.25, 0.3) is 0 Å². The number of benzene rings is 3. The minimum absolute atomic E-state index is 0. The van der Waals surface area contributed by atoms with E-state index in [1.165, 1.54) is 11.0 Å². The fourth-order valence-corrected chi connectivity index (χ4v) is 2.66. The van der Waals surface area contributed by atoms with Crippen molar-refractivity contribution in [2.75, 3.05) is 4.90 Å². The Morgan fingerprint density at radius 2 is 1.63 bits per heavy atom. The van der Waals surface area contributed by atoms with Gasteiger partial charge in [0.05, 0.1) is 18.3 Å². The van der Waals surface area contributed by atoms with Gasteiger partial charge in [-0.15, -0.1) is 0 Å². The van der Waals surface area contributed by atoms with E-state index < -0.39 is 17.5 Å². The van der Waals surface area contributed by atoms with Gasteiger partial charge in [-0.2, -0.15) is 0 Å². The van der Waals surface area contributed by atoms with Crippen LogP contribution in [0.2, 0.25) is 5.02 Å². The van der Waals surface area contributed by atoms with E-state index in [-0.39, 0.29) is 33.9 Å². The van der Waals surface area contributed by atoms with Crippen LogP contribution in [0, 0.1) is 24.6 Å². The quantitative estimate of drug-likeness (QED) is 0.507. The van der Waals surface area contributed by atoms with E-state index in [9.17, 15) is 13.6 Å². The smallest absolute Gasteiger partial charge is 0.258 e. The minimum Gasteiger partial charge on any atom is -0.301 e. The Morgan fingerprint density at radius 1 is 1.00 bits per heavy atom. The molecule has 0 spiro atoms. The van der Waals surface area contributed by atoms with Crippen molar-refractivity contribution in [3.05, 3.63) is 100 Å². The second-order valence-electron chi connectivity index (χ2n) is 5.89. The van der Waals surface area contributed by atoms with Crippen LogP contribution in [0.1, 0.15) is 21.5 Å². The fourth-order valence-electron chi connectivity index (χ4n) is 2.54. The standard InChI is InChI=1S/C21H15ClF2NO.Ti/c1-14-2-4-15(5-3-14)13-25(20-11-10-18(23)12-19(20)24)21(26)16-6-8-17(22)9-7-16;/h2-11H,13H2,1H3;. The summed E-state index contributed by atoms with van der Waals surface area (Å²) in [5, 5.41) is 0.493. The molecule has 0 heterocycles. The predicted octanol–water partition coefficient (Wildman–Crippen LogP) is 5.57. The van der Waals surface area contributed by atoms with Crippen molar-refractivity contribution in [1.82, 2.24) is 0 Å². The first kappa shape index (κ1) is 21.3. The third-order valence-corrected chi connectivity index (χ3v) is 4.18. The number of halogens is 3. The Morgan fingerprint density at radius 3 is 2.22 bits per heavy atom. The SMILES string of the molecule is Cc1ccc(CN(C(=O)c2ccc(Cl)cc2)c2ccc(F)[c]c2F)cc1.[Ti]. The number of anilines is 1. The largest absolute Gasteiger partial charge is 0.301 e. The van der Waals surface area contributed by atoms with Gasteiger partial charge in [-0.25, -0.2) is 8.78 Å². The Labute approximate surface area is 176 Å². The second kappa shape index (κ2) is 9.27. The van der Waals surface area contributed by atoms with Crippen molar-refractivity contribution < 1.29 is 35.3 Å². The first-order valence-electron chi connectivity index (χ1n) is 7.94. The van der Waals surface area contributed by atoms with Crippen LogP contribution in [0.15, 0.2) is 60.7 Å². The van der Waals surface area contributed by atoms with Crippen molar-refractivity contribution in [2.45, 2.75) is 13.5 Å². The molecule has 1 radical (unpaired) electrons. The van der Waals surface area contributed by atoms with E-state index >= 15 is 0 Å². The molecule has 0 fully saturated rings. The van der Waals surface area contributed by atoms with Crippen LogP contribution in [-0.4, -0.2) is 5.91 Å².